The van der Waals surface area contributed by atoms with Crippen LogP contribution in [0.3, 0.4) is 0 Å². The van der Waals surface area contributed by atoms with Gasteiger partial charge in [-0.15, -0.1) is 0 Å². The van der Waals surface area contributed by atoms with Gasteiger partial charge >= 0.3 is 23.8 Å². The third-order valence-corrected chi connectivity index (χ3v) is 1.60. The minimum absolute atomic E-state index is 0.947. The average molecular weight is 271 g/mol. The summed E-state index contributed by atoms with van der Waals surface area (Å²) in [5.74, 6) is -3.39. The normalized spacial score (nSPS) is 14.3. The van der Waals surface area contributed by atoms with Crippen LogP contribution in [-0.2, 0) is 14.3 Å². The van der Waals surface area contributed by atoms with Gasteiger partial charge in [0.15, 0.2) is 0 Å². The Morgan fingerprint density at radius 1 is 1.44 bits per heavy atom. The van der Waals surface area contributed by atoms with E-state index < -0.39 is 42.6 Å². The topological polar surface area (TPSA) is 146 Å². The Kier molecular flexibility index (Phi) is 5.43. The molecule has 0 aromatic rings. The highest BCUT2D eigenvalue weighted by atomic mass is 19.4. The van der Waals surface area contributed by atoms with Crippen LogP contribution in [0.4, 0.5) is 13.2 Å². The molecule has 18 heavy (non-hydrogen) atoms. The summed E-state index contributed by atoms with van der Waals surface area (Å²) in [5.41, 5.74) is 11.4. The van der Waals surface area contributed by atoms with Crippen molar-refractivity contribution >= 4 is 17.7 Å². The number of carbonyl (C=O) groups is 2. The molecule has 0 spiro atoms. The van der Waals surface area contributed by atoms with Gasteiger partial charge in [-0.3, -0.25) is 4.79 Å². The molecular formula is C7H8F3N3O5. The number of nitrogens with two attached hydrogens (primary N) is 1. The Labute approximate surface area is 97.4 Å². The van der Waals surface area contributed by atoms with Crippen molar-refractivity contribution in [3.05, 3.63) is 5.53 Å². The van der Waals surface area contributed by atoms with Gasteiger partial charge < -0.3 is 26.2 Å². The lowest BCUT2D eigenvalue weighted by molar-refractivity contribution is -0.194. The number of alkyl halides is 3. The van der Waals surface area contributed by atoms with E-state index in [1.54, 1.807) is 0 Å². The largest absolute Gasteiger partial charge is 0.480 e. The highest BCUT2D eigenvalue weighted by molar-refractivity contribution is 6.35. The lowest BCUT2D eigenvalue weighted by Crippen LogP contribution is -2.44. The van der Waals surface area contributed by atoms with E-state index in [2.05, 4.69) is 4.74 Å². The fraction of sp³-hybridized carbons (Fsp3) is 0.571. The van der Waals surface area contributed by atoms with Crippen LogP contribution in [0.25, 0.3) is 5.53 Å². The van der Waals surface area contributed by atoms with Gasteiger partial charge in [-0.05, 0) is 0 Å². The fourth-order valence-corrected chi connectivity index (χ4v) is 0.673. The van der Waals surface area contributed by atoms with Gasteiger partial charge in [-0.2, -0.15) is 18.0 Å². The summed E-state index contributed by atoms with van der Waals surface area (Å²) in [6, 6.07) is -1.66. The van der Waals surface area contributed by atoms with Crippen molar-refractivity contribution in [2.45, 2.75) is 18.3 Å². The third kappa shape index (κ3) is 4.49. The first-order chi connectivity index (χ1) is 8.11. The molecule has 0 heterocycles. The van der Waals surface area contributed by atoms with Gasteiger partial charge in [0.05, 0.1) is 0 Å². The van der Waals surface area contributed by atoms with Crippen molar-refractivity contribution in [1.82, 2.24) is 0 Å². The zero-order valence-corrected chi connectivity index (χ0v) is 8.59. The monoisotopic (exact) mass is 271 g/mol. The second kappa shape index (κ2) is 6.10. The molecule has 0 amide bonds. The molecular weight excluding hydrogens is 263 g/mol. The summed E-state index contributed by atoms with van der Waals surface area (Å²) in [4.78, 5) is 23.1. The predicted octanol–water partition coefficient (Wildman–Crippen LogP) is -1.46. The number of carboxylic acid groups (broad SMARTS) is 1. The Morgan fingerprint density at radius 2 is 1.94 bits per heavy atom. The van der Waals surface area contributed by atoms with E-state index in [1.165, 1.54) is 0 Å². The number of halogens is 3. The minimum Gasteiger partial charge on any atom is -0.480 e. The van der Waals surface area contributed by atoms with Gasteiger partial charge in [0.25, 0.3) is 6.10 Å². The highest BCUT2D eigenvalue weighted by Crippen LogP contribution is 2.20. The summed E-state index contributed by atoms with van der Waals surface area (Å²) in [7, 11) is 0. The molecule has 0 bridgehead atoms. The number of ether oxygens (including phenoxy) is 1. The third-order valence-electron chi connectivity index (χ3n) is 1.60. The Morgan fingerprint density at radius 3 is 2.28 bits per heavy atom. The van der Waals surface area contributed by atoms with Crippen molar-refractivity contribution in [2.75, 3.05) is 6.61 Å². The average Bonchev–Trinajstić information content (AvgIpc) is 2.25. The first-order valence-corrected chi connectivity index (χ1v) is 4.23. The van der Waals surface area contributed by atoms with Crippen molar-refractivity contribution in [2.24, 2.45) is 5.73 Å². The molecule has 0 fully saturated rings. The molecule has 2 atom stereocenters. The molecule has 4 N–H and O–H groups in total. The van der Waals surface area contributed by atoms with Gasteiger partial charge in [-0.1, -0.05) is 0 Å². The van der Waals surface area contributed by atoms with E-state index in [1.807, 2.05) is 4.79 Å². The molecule has 0 aromatic carbocycles. The van der Waals surface area contributed by atoms with E-state index in [0.717, 1.165) is 0 Å². The van der Waals surface area contributed by atoms with E-state index in [-0.39, 0.29) is 0 Å². The number of hydrogen-bond donors (Lipinski definition) is 3. The first-order valence-electron chi connectivity index (χ1n) is 4.23. The number of rotatable bonds is 5. The van der Waals surface area contributed by atoms with Crippen LogP contribution in [0.2, 0.25) is 0 Å². The maximum absolute atomic E-state index is 12.0. The molecule has 0 aliphatic heterocycles. The van der Waals surface area contributed by atoms with Crippen LogP contribution < -0.4 is 5.73 Å². The number of aliphatic carboxylic acids is 1. The standard InChI is InChI=1S/C7H8F3N3O5/c8-7(9,10)4(14)3(13-12)6(17)18-1-2(11)5(15)16/h2,4,14H,1,11H2,(H,15,16)/t2-,4?/m0/s1. The lowest BCUT2D eigenvalue weighted by Gasteiger charge is -2.10. The molecule has 11 heteroatoms. The van der Waals surface area contributed by atoms with Crippen LogP contribution in [0, 0.1) is 0 Å². The van der Waals surface area contributed by atoms with Crippen molar-refractivity contribution in [3.8, 4) is 0 Å². The number of hydrogen-bond acceptors (Lipinski definition) is 5. The summed E-state index contributed by atoms with van der Waals surface area (Å²) < 4.78 is 40.1. The van der Waals surface area contributed by atoms with Gasteiger partial charge in [0.1, 0.15) is 12.6 Å². The summed E-state index contributed by atoms with van der Waals surface area (Å²) in [6.07, 6.45) is -8.59. The maximum Gasteiger partial charge on any atom is 0.426 e. The molecule has 0 aliphatic carbocycles. The fourth-order valence-electron chi connectivity index (χ4n) is 0.673. The summed E-state index contributed by atoms with van der Waals surface area (Å²) in [6.45, 7) is -0.947. The molecule has 102 valence electrons. The Hall–Kier alpha value is -1.97. The van der Waals surface area contributed by atoms with Crippen LogP contribution in [0.1, 0.15) is 0 Å². The number of carboxylic acids is 1. The quantitative estimate of drug-likeness (QED) is 0.241. The van der Waals surface area contributed by atoms with Crippen LogP contribution >= 0.6 is 0 Å². The second-order valence-corrected chi connectivity index (χ2v) is 2.97. The SMILES string of the molecule is [N-]=[N+]=C(C(=O)OC[C@H](N)C(=O)O)C(O)C(F)(F)F. The number of aliphatic hydroxyl groups excluding tert-OH is 1. The number of aliphatic hydroxyl groups is 1. The Bertz CT molecular complexity index is 390. The summed E-state index contributed by atoms with van der Waals surface area (Å²) >= 11 is 0. The van der Waals surface area contributed by atoms with Crippen molar-refractivity contribution in [3.63, 3.8) is 0 Å². The van der Waals surface area contributed by atoms with Crippen molar-refractivity contribution < 1.29 is 42.5 Å². The molecule has 1 unspecified atom stereocenters. The molecule has 0 radical (unpaired) electrons. The van der Waals surface area contributed by atoms with Gasteiger partial charge in [0, 0.05) is 0 Å². The minimum atomic E-state index is -5.24. The molecule has 0 aromatic heterocycles. The Balaban J connectivity index is 4.67. The van der Waals surface area contributed by atoms with Gasteiger partial charge in [-0.25, -0.2) is 4.79 Å². The van der Waals surface area contributed by atoms with Crippen LogP contribution in [0.5, 0.6) is 0 Å². The van der Waals surface area contributed by atoms with Crippen LogP contribution in [0.15, 0.2) is 0 Å². The van der Waals surface area contributed by atoms with Gasteiger partial charge in [0.2, 0.25) is 0 Å². The summed E-state index contributed by atoms with van der Waals surface area (Å²) in [5, 5.41) is 16.9. The number of nitrogens with zero attached hydrogens (tertiary/aromatic N) is 2. The predicted molar refractivity (Wildman–Crippen MR) is 47.3 cm³/mol. The van der Waals surface area contributed by atoms with E-state index in [9.17, 15) is 22.8 Å². The molecule has 8 nitrogen and oxygen atoms in total. The van der Waals surface area contributed by atoms with Crippen LogP contribution in [-0.4, -0.2) is 57.6 Å². The second-order valence-electron chi connectivity index (χ2n) is 2.97. The molecule has 0 saturated heterocycles. The van der Waals surface area contributed by atoms with Crippen molar-refractivity contribution in [1.29, 1.82) is 0 Å². The maximum atomic E-state index is 12.0. The molecule has 0 aliphatic rings. The first kappa shape index (κ1) is 16.0. The zero-order chi connectivity index (χ0) is 14.5. The van der Waals surface area contributed by atoms with E-state index in [4.69, 9.17) is 21.5 Å². The smallest absolute Gasteiger partial charge is 0.426 e. The number of esters is 1. The lowest BCUT2D eigenvalue weighted by atomic mass is 10.2. The van der Waals surface area contributed by atoms with E-state index >= 15 is 0 Å². The number of carbonyl (C=O) groups excluding carboxylic acids is 1. The zero-order valence-electron chi connectivity index (χ0n) is 8.59. The van der Waals surface area contributed by atoms with E-state index in [0.29, 0.717) is 0 Å². The highest BCUT2D eigenvalue weighted by Gasteiger charge is 2.50. The molecule has 0 rings (SSSR count). The molecule has 0 saturated carbocycles.